The predicted octanol–water partition coefficient (Wildman–Crippen LogP) is 6.90. The molecule has 8 nitrogen and oxygen atoms in total. The topological polar surface area (TPSA) is 85.7 Å². The van der Waals surface area contributed by atoms with Gasteiger partial charge in [-0.25, -0.2) is 9.78 Å². The molecular formula is C35H39ClN4O4. The second kappa shape index (κ2) is 13.8. The summed E-state index contributed by atoms with van der Waals surface area (Å²) >= 11 is 6.42. The van der Waals surface area contributed by atoms with Gasteiger partial charge in [0.1, 0.15) is 5.60 Å². The number of rotatable bonds is 7. The summed E-state index contributed by atoms with van der Waals surface area (Å²) in [7, 11) is 1.63. The normalized spacial score (nSPS) is 13.9. The Morgan fingerprint density at radius 2 is 1.86 bits per heavy atom. The molecule has 0 spiro atoms. The van der Waals surface area contributed by atoms with Crippen LogP contribution in [0.3, 0.4) is 0 Å². The van der Waals surface area contributed by atoms with E-state index in [4.69, 9.17) is 26.1 Å². The maximum Gasteiger partial charge on any atom is 0.419 e. The Bertz CT molecular complexity index is 1740. The summed E-state index contributed by atoms with van der Waals surface area (Å²) in [5.41, 5.74) is 2.91. The van der Waals surface area contributed by atoms with Crippen molar-refractivity contribution >= 4 is 45.4 Å². The van der Waals surface area contributed by atoms with Gasteiger partial charge in [-0.2, -0.15) is 0 Å². The predicted molar refractivity (Wildman–Crippen MR) is 175 cm³/mol. The Balaban J connectivity index is 1.59. The number of halogens is 1. The molecule has 9 heteroatoms. The lowest BCUT2D eigenvalue weighted by atomic mass is 10.0. The minimum Gasteiger partial charge on any atom is -0.443 e. The molecule has 3 heterocycles. The third-order valence-corrected chi connectivity index (χ3v) is 7.70. The van der Waals surface area contributed by atoms with Crippen LogP contribution in [0, 0.1) is 11.8 Å². The average molecular weight is 615 g/mol. The highest BCUT2D eigenvalue weighted by atomic mass is 35.5. The summed E-state index contributed by atoms with van der Waals surface area (Å²) in [6.45, 7) is 9.36. The molecule has 0 atom stereocenters. The highest BCUT2D eigenvalue weighted by molar-refractivity contribution is 6.31. The monoisotopic (exact) mass is 614 g/mol. The molecule has 1 fully saturated rings. The van der Waals surface area contributed by atoms with E-state index in [2.05, 4.69) is 22.1 Å². The second-order valence-corrected chi connectivity index (χ2v) is 12.5. The van der Waals surface area contributed by atoms with Crippen LogP contribution in [-0.2, 0) is 9.47 Å². The molecule has 1 amide bonds. The molecule has 230 valence electrons. The summed E-state index contributed by atoms with van der Waals surface area (Å²) < 4.78 is 12.3. The maximum absolute atomic E-state index is 13.7. The first-order chi connectivity index (χ1) is 21.1. The number of carbonyl (C=O) groups is 2. The number of aromatic nitrogens is 2. The van der Waals surface area contributed by atoms with Crippen LogP contribution in [0.4, 0.5) is 4.79 Å². The van der Waals surface area contributed by atoms with E-state index in [1.807, 2.05) is 45.0 Å². The minimum absolute atomic E-state index is 0.271. The van der Waals surface area contributed by atoms with Crippen molar-refractivity contribution in [1.82, 2.24) is 19.8 Å². The first-order valence-electron chi connectivity index (χ1n) is 15.1. The van der Waals surface area contributed by atoms with Gasteiger partial charge >= 0.3 is 6.09 Å². The van der Waals surface area contributed by atoms with Crippen LogP contribution in [0.25, 0.3) is 33.1 Å². The third-order valence-electron chi connectivity index (χ3n) is 7.47. The summed E-state index contributed by atoms with van der Waals surface area (Å²) in [6, 6.07) is 13.0. The Kier molecular flexibility index (Phi) is 9.90. The molecule has 44 heavy (non-hydrogen) atoms. The summed E-state index contributed by atoms with van der Waals surface area (Å²) in [6.07, 6.45) is 5.56. The van der Waals surface area contributed by atoms with Crippen molar-refractivity contribution in [2.75, 3.05) is 39.9 Å². The number of hydrogen-bond donors (Lipinski definition) is 1. The van der Waals surface area contributed by atoms with Gasteiger partial charge < -0.3 is 14.8 Å². The molecular weight excluding hydrogens is 576 g/mol. The minimum atomic E-state index is -0.691. The summed E-state index contributed by atoms with van der Waals surface area (Å²) in [5.74, 6) is 6.33. The van der Waals surface area contributed by atoms with Crippen molar-refractivity contribution in [3.05, 3.63) is 64.8 Å². The highest BCUT2D eigenvalue weighted by Gasteiger charge is 2.25. The van der Waals surface area contributed by atoms with Gasteiger partial charge in [-0.3, -0.25) is 14.3 Å². The van der Waals surface area contributed by atoms with Gasteiger partial charge in [-0.05, 0) is 95.6 Å². The number of fused-ring (bicyclic) bond motifs is 2. The molecule has 0 aliphatic carbocycles. The van der Waals surface area contributed by atoms with E-state index in [-0.39, 0.29) is 5.91 Å². The third kappa shape index (κ3) is 7.59. The Morgan fingerprint density at radius 1 is 1.07 bits per heavy atom. The number of carbonyl (C=O) groups excluding carboxylic acids is 2. The van der Waals surface area contributed by atoms with E-state index in [1.165, 1.54) is 23.8 Å². The van der Waals surface area contributed by atoms with E-state index in [1.54, 1.807) is 31.5 Å². The smallest absolute Gasteiger partial charge is 0.419 e. The van der Waals surface area contributed by atoms with E-state index in [0.717, 1.165) is 30.6 Å². The zero-order chi connectivity index (χ0) is 31.3. The first-order valence-corrected chi connectivity index (χ1v) is 15.5. The SMILES string of the molecule is COCCCNC(=O)c1cc2cc(C#CCN3CCCCC3)ccc2nc1-c1cn(C(=O)OC(C)(C)C)c2ccc(Cl)cc12. The summed E-state index contributed by atoms with van der Waals surface area (Å²) in [5, 5.41) is 4.98. The van der Waals surface area contributed by atoms with Crippen molar-refractivity contribution in [2.24, 2.45) is 0 Å². The molecule has 0 bridgehead atoms. The van der Waals surface area contributed by atoms with Crippen molar-refractivity contribution in [3.8, 4) is 23.1 Å². The molecule has 0 unspecified atom stereocenters. The van der Waals surface area contributed by atoms with Crippen LogP contribution in [0.15, 0.2) is 48.7 Å². The van der Waals surface area contributed by atoms with Gasteiger partial charge in [0, 0.05) is 53.4 Å². The number of ether oxygens (including phenoxy) is 2. The lowest BCUT2D eigenvalue weighted by Gasteiger charge is -2.23. The molecule has 1 N–H and O–H groups in total. The number of piperidine rings is 1. The van der Waals surface area contributed by atoms with Gasteiger partial charge in [-0.15, -0.1) is 0 Å². The van der Waals surface area contributed by atoms with Crippen molar-refractivity contribution in [1.29, 1.82) is 0 Å². The van der Waals surface area contributed by atoms with Gasteiger partial charge in [-0.1, -0.05) is 29.9 Å². The molecule has 2 aromatic carbocycles. The van der Waals surface area contributed by atoms with Crippen molar-refractivity contribution < 1.29 is 19.1 Å². The van der Waals surface area contributed by atoms with E-state index >= 15 is 0 Å². The van der Waals surface area contributed by atoms with Gasteiger partial charge in [0.15, 0.2) is 0 Å². The van der Waals surface area contributed by atoms with Crippen LogP contribution < -0.4 is 5.32 Å². The largest absolute Gasteiger partial charge is 0.443 e. The van der Waals surface area contributed by atoms with E-state index in [0.29, 0.717) is 57.8 Å². The lowest BCUT2D eigenvalue weighted by molar-refractivity contribution is 0.0544. The number of hydrogen-bond acceptors (Lipinski definition) is 6. The Morgan fingerprint density at radius 3 is 2.61 bits per heavy atom. The van der Waals surface area contributed by atoms with Crippen LogP contribution in [-0.4, -0.2) is 71.9 Å². The fourth-order valence-electron chi connectivity index (χ4n) is 5.37. The maximum atomic E-state index is 13.7. The fourth-order valence-corrected chi connectivity index (χ4v) is 5.54. The fraction of sp³-hybridized carbons (Fsp3) is 0.400. The molecule has 0 saturated carbocycles. The zero-order valence-electron chi connectivity index (χ0n) is 25.8. The molecule has 0 radical (unpaired) electrons. The molecule has 4 aromatic rings. The van der Waals surface area contributed by atoms with Crippen LogP contribution >= 0.6 is 11.6 Å². The number of nitrogens with one attached hydrogen (secondary N) is 1. The summed E-state index contributed by atoms with van der Waals surface area (Å²) in [4.78, 5) is 34.3. The number of amides is 1. The molecule has 5 rings (SSSR count). The highest BCUT2D eigenvalue weighted by Crippen LogP contribution is 2.35. The van der Waals surface area contributed by atoms with Gasteiger partial charge in [0.05, 0.1) is 28.8 Å². The first kappa shape index (κ1) is 31.5. The zero-order valence-corrected chi connectivity index (χ0v) is 26.6. The van der Waals surface area contributed by atoms with Gasteiger partial charge in [0.2, 0.25) is 0 Å². The Labute approximate surface area is 263 Å². The average Bonchev–Trinajstić information content (AvgIpc) is 3.37. The number of benzene rings is 2. The number of pyridine rings is 1. The van der Waals surface area contributed by atoms with E-state index < -0.39 is 11.7 Å². The van der Waals surface area contributed by atoms with Crippen molar-refractivity contribution in [3.63, 3.8) is 0 Å². The van der Waals surface area contributed by atoms with Crippen LogP contribution in [0.1, 0.15) is 62.4 Å². The van der Waals surface area contributed by atoms with Gasteiger partial charge in [0.25, 0.3) is 5.91 Å². The molecule has 2 aromatic heterocycles. The van der Waals surface area contributed by atoms with E-state index in [9.17, 15) is 9.59 Å². The molecule has 1 aliphatic rings. The standard InChI is InChI=1S/C35H39ClN4O4/c1-35(2,3)44-34(42)40-23-29(27-22-26(36)12-14-31(27)40)32-28(33(41)37-15-9-19-43-4)21-25-20-24(11-13-30(25)38-32)10-8-18-39-16-6-5-7-17-39/h11-14,20-23H,5-7,9,15-19H2,1-4H3,(H,37,41). The van der Waals surface area contributed by atoms with Crippen LogP contribution in [0.5, 0.6) is 0 Å². The second-order valence-electron chi connectivity index (χ2n) is 12.1. The van der Waals surface area contributed by atoms with Crippen LogP contribution in [0.2, 0.25) is 5.02 Å². The molecule has 1 saturated heterocycles. The Hall–Kier alpha value is -3.90. The van der Waals surface area contributed by atoms with Crippen molar-refractivity contribution in [2.45, 2.75) is 52.1 Å². The number of nitrogens with zero attached hydrogens (tertiary/aromatic N) is 3. The molecule has 1 aliphatic heterocycles. The number of likely N-dealkylation sites (tertiary alicyclic amines) is 1. The lowest BCUT2D eigenvalue weighted by Crippen LogP contribution is -2.29. The number of methoxy groups -OCH3 is 1. The quantitative estimate of drug-likeness (QED) is 0.180.